The highest BCUT2D eigenvalue weighted by molar-refractivity contribution is 9.10. The Bertz CT molecular complexity index is 573. The first-order valence-corrected chi connectivity index (χ1v) is 7.98. The number of amides is 1. The van der Waals surface area contributed by atoms with Gasteiger partial charge in [0.2, 0.25) is 0 Å². The fraction of sp³-hybridized carbons (Fsp3) is 0.500. The third-order valence-corrected chi connectivity index (χ3v) is 5.47. The molecule has 114 valence electrons. The molecule has 1 saturated heterocycles. The van der Waals surface area contributed by atoms with Crippen LogP contribution in [0.2, 0.25) is 0 Å². The van der Waals surface area contributed by atoms with Crippen molar-refractivity contribution in [2.45, 2.75) is 33.1 Å². The van der Waals surface area contributed by atoms with Crippen molar-refractivity contribution in [1.29, 1.82) is 0 Å². The standard InChI is InChI=1S/C16H20BrNO3/c1-3-16(15(20)21)8-5-9-18(10-16)14(19)12-7-4-6-11(2)13(12)17/h4,6-7H,3,5,8-10H2,1-2H3,(H,20,21). The second-order valence-electron chi connectivity index (χ2n) is 5.71. The van der Waals surface area contributed by atoms with Crippen LogP contribution in [0, 0.1) is 12.3 Å². The highest BCUT2D eigenvalue weighted by atomic mass is 79.9. The van der Waals surface area contributed by atoms with E-state index >= 15 is 0 Å². The van der Waals surface area contributed by atoms with Crippen molar-refractivity contribution in [2.24, 2.45) is 5.41 Å². The van der Waals surface area contributed by atoms with Gasteiger partial charge in [-0.25, -0.2) is 0 Å². The molecule has 1 fully saturated rings. The number of nitrogens with zero attached hydrogens (tertiary/aromatic N) is 1. The van der Waals surface area contributed by atoms with Gasteiger partial charge in [-0.2, -0.15) is 0 Å². The van der Waals surface area contributed by atoms with Gasteiger partial charge in [0.15, 0.2) is 0 Å². The number of carboxylic acids is 1. The number of carboxylic acid groups (broad SMARTS) is 1. The molecule has 0 radical (unpaired) electrons. The van der Waals surface area contributed by atoms with Crippen molar-refractivity contribution < 1.29 is 14.7 Å². The molecule has 1 aliphatic rings. The van der Waals surface area contributed by atoms with Crippen molar-refractivity contribution in [2.75, 3.05) is 13.1 Å². The van der Waals surface area contributed by atoms with Gasteiger partial charge in [0, 0.05) is 17.6 Å². The first kappa shape index (κ1) is 16.0. The number of hydrogen-bond donors (Lipinski definition) is 1. The van der Waals surface area contributed by atoms with Gasteiger partial charge >= 0.3 is 5.97 Å². The third-order valence-electron chi connectivity index (χ3n) is 4.42. The SMILES string of the molecule is CCC1(C(=O)O)CCCN(C(=O)c2cccc(C)c2Br)C1. The smallest absolute Gasteiger partial charge is 0.311 e. The number of rotatable bonds is 3. The largest absolute Gasteiger partial charge is 0.481 e. The van der Waals surface area contributed by atoms with Gasteiger partial charge < -0.3 is 10.0 Å². The average molecular weight is 354 g/mol. The molecule has 4 nitrogen and oxygen atoms in total. The molecule has 1 amide bonds. The molecule has 1 aromatic rings. The molecule has 1 aromatic carbocycles. The van der Waals surface area contributed by atoms with Gasteiger partial charge in [0.25, 0.3) is 5.91 Å². The molecule has 0 aromatic heterocycles. The highest BCUT2D eigenvalue weighted by Crippen LogP contribution is 2.35. The zero-order chi connectivity index (χ0) is 15.6. The second kappa shape index (κ2) is 6.18. The second-order valence-corrected chi connectivity index (χ2v) is 6.50. The van der Waals surface area contributed by atoms with Gasteiger partial charge in [-0.15, -0.1) is 0 Å². The van der Waals surface area contributed by atoms with E-state index in [0.29, 0.717) is 24.9 Å². The minimum absolute atomic E-state index is 0.0932. The average Bonchev–Trinajstić information content (AvgIpc) is 2.49. The summed E-state index contributed by atoms with van der Waals surface area (Å²) in [5.74, 6) is -0.893. The van der Waals surface area contributed by atoms with Gasteiger partial charge in [0.05, 0.1) is 11.0 Å². The van der Waals surface area contributed by atoms with Crippen molar-refractivity contribution >= 4 is 27.8 Å². The quantitative estimate of drug-likeness (QED) is 0.904. The Balaban J connectivity index is 2.27. The van der Waals surface area contributed by atoms with Gasteiger partial charge in [-0.1, -0.05) is 19.1 Å². The van der Waals surface area contributed by atoms with E-state index in [-0.39, 0.29) is 12.5 Å². The topological polar surface area (TPSA) is 57.6 Å². The molecule has 1 unspecified atom stereocenters. The number of carbonyl (C=O) groups is 2. The first-order valence-electron chi connectivity index (χ1n) is 7.19. The van der Waals surface area contributed by atoms with Crippen LogP contribution < -0.4 is 0 Å². The normalized spacial score (nSPS) is 22.1. The monoisotopic (exact) mass is 353 g/mol. The van der Waals surface area contributed by atoms with Crippen LogP contribution in [0.15, 0.2) is 22.7 Å². The van der Waals surface area contributed by atoms with Gasteiger partial charge in [-0.3, -0.25) is 9.59 Å². The van der Waals surface area contributed by atoms with Crippen LogP contribution in [0.3, 0.4) is 0 Å². The summed E-state index contributed by atoms with van der Waals surface area (Å²) in [6.45, 7) is 4.72. The zero-order valence-corrected chi connectivity index (χ0v) is 13.9. The minimum atomic E-state index is -0.801. The van der Waals surface area contributed by atoms with Crippen LogP contribution in [0.25, 0.3) is 0 Å². The van der Waals surface area contributed by atoms with Crippen LogP contribution in [0.1, 0.15) is 42.1 Å². The third kappa shape index (κ3) is 2.98. The molecular weight excluding hydrogens is 334 g/mol. The fourth-order valence-electron chi connectivity index (χ4n) is 2.90. The van der Waals surface area contributed by atoms with Crippen LogP contribution in [-0.2, 0) is 4.79 Å². The van der Waals surface area contributed by atoms with E-state index in [1.54, 1.807) is 11.0 Å². The summed E-state index contributed by atoms with van der Waals surface area (Å²) in [6.07, 6.45) is 1.91. The van der Waals surface area contributed by atoms with E-state index in [1.807, 2.05) is 26.0 Å². The van der Waals surface area contributed by atoms with E-state index in [9.17, 15) is 14.7 Å². The first-order chi connectivity index (χ1) is 9.91. The Morgan fingerprint density at radius 1 is 1.43 bits per heavy atom. The highest BCUT2D eigenvalue weighted by Gasteiger charge is 2.42. The summed E-state index contributed by atoms with van der Waals surface area (Å²) in [5.41, 5.74) is 0.801. The van der Waals surface area contributed by atoms with E-state index in [4.69, 9.17) is 0 Å². The lowest BCUT2D eigenvalue weighted by atomic mass is 9.77. The Morgan fingerprint density at radius 2 is 2.14 bits per heavy atom. The minimum Gasteiger partial charge on any atom is -0.481 e. The zero-order valence-electron chi connectivity index (χ0n) is 12.4. The molecule has 1 heterocycles. The number of piperidine rings is 1. The Labute approximate surface area is 133 Å². The summed E-state index contributed by atoms with van der Waals surface area (Å²) in [7, 11) is 0. The van der Waals surface area contributed by atoms with Crippen LogP contribution in [-0.4, -0.2) is 35.0 Å². The maximum absolute atomic E-state index is 12.7. The summed E-state index contributed by atoms with van der Waals surface area (Å²) in [5, 5.41) is 9.51. The molecule has 0 spiro atoms. The van der Waals surface area contributed by atoms with E-state index < -0.39 is 11.4 Å². The fourth-order valence-corrected chi connectivity index (χ4v) is 3.34. The number of benzene rings is 1. The number of halogens is 1. The molecule has 0 bridgehead atoms. The predicted molar refractivity (Wildman–Crippen MR) is 84.4 cm³/mol. The molecule has 1 atom stereocenters. The van der Waals surface area contributed by atoms with E-state index in [0.717, 1.165) is 16.5 Å². The van der Waals surface area contributed by atoms with E-state index in [1.165, 1.54) is 0 Å². The molecule has 5 heteroatoms. The lowest BCUT2D eigenvalue weighted by molar-refractivity contribution is -0.152. The molecular formula is C16H20BrNO3. The van der Waals surface area contributed by atoms with Crippen LogP contribution in [0.4, 0.5) is 0 Å². The predicted octanol–water partition coefficient (Wildman–Crippen LogP) is 3.47. The number of hydrogen-bond acceptors (Lipinski definition) is 2. The molecule has 0 aliphatic carbocycles. The number of aryl methyl sites for hydroxylation is 1. The number of carbonyl (C=O) groups excluding carboxylic acids is 1. The van der Waals surface area contributed by atoms with Gasteiger partial charge in [0.1, 0.15) is 0 Å². The lowest BCUT2D eigenvalue weighted by Crippen LogP contribution is -2.49. The summed E-state index contributed by atoms with van der Waals surface area (Å²) in [4.78, 5) is 26.0. The van der Waals surface area contributed by atoms with Crippen molar-refractivity contribution in [3.8, 4) is 0 Å². The maximum atomic E-state index is 12.7. The van der Waals surface area contributed by atoms with Crippen molar-refractivity contribution in [3.63, 3.8) is 0 Å². The summed E-state index contributed by atoms with van der Waals surface area (Å²) in [6, 6.07) is 5.56. The molecule has 2 rings (SSSR count). The molecule has 0 saturated carbocycles. The lowest BCUT2D eigenvalue weighted by Gasteiger charge is -2.39. The maximum Gasteiger partial charge on any atom is 0.311 e. The van der Waals surface area contributed by atoms with Crippen LogP contribution >= 0.6 is 15.9 Å². The van der Waals surface area contributed by atoms with Gasteiger partial charge in [-0.05, 0) is 53.7 Å². The van der Waals surface area contributed by atoms with E-state index in [2.05, 4.69) is 15.9 Å². The Kier molecular flexibility index (Phi) is 4.71. The number of aliphatic carboxylic acids is 1. The number of likely N-dealkylation sites (tertiary alicyclic amines) is 1. The molecule has 21 heavy (non-hydrogen) atoms. The Hall–Kier alpha value is -1.36. The Morgan fingerprint density at radius 3 is 2.76 bits per heavy atom. The molecule has 1 aliphatic heterocycles. The van der Waals surface area contributed by atoms with Crippen molar-refractivity contribution in [1.82, 2.24) is 4.90 Å². The summed E-state index contributed by atoms with van der Waals surface area (Å²) < 4.78 is 0.790. The summed E-state index contributed by atoms with van der Waals surface area (Å²) >= 11 is 3.46. The molecule has 1 N–H and O–H groups in total. The van der Waals surface area contributed by atoms with Crippen LogP contribution in [0.5, 0.6) is 0 Å². The van der Waals surface area contributed by atoms with Crippen molar-refractivity contribution in [3.05, 3.63) is 33.8 Å².